The van der Waals surface area contributed by atoms with E-state index in [-0.39, 0.29) is 5.82 Å². The summed E-state index contributed by atoms with van der Waals surface area (Å²) in [7, 11) is 0. The fourth-order valence-corrected chi connectivity index (χ4v) is 2.84. The molecule has 0 N–H and O–H groups in total. The van der Waals surface area contributed by atoms with Crippen LogP contribution in [0.3, 0.4) is 0 Å². The Bertz CT molecular complexity index is 791. The Hall–Kier alpha value is -1.58. The number of aryl methyl sites for hydroxylation is 2. The minimum absolute atomic E-state index is 0.287. The summed E-state index contributed by atoms with van der Waals surface area (Å²) in [5, 5.41) is 0.593. The van der Waals surface area contributed by atoms with E-state index in [1.54, 1.807) is 18.2 Å². The highest BCUT2D eigenvalue weighted by molar-refractivity contribution is 6.31. The number of halogens is 3. The molecule has 0 aliphatic carbocycles. The SMILES string of the molecule is Cc1cccc(F)c1-n1c(CCCl)nc2ccc(Cl)cc21. The third-order valence-corrected chi connectivity index (χ3v) is 3.84. The zero-order valence-corrected chi connectivity index (χ0v) is 12.9. The molecule has 0 aliphatic rings. The molecule has 1 heterocycles. The lowest BCUT2D eigenvalue weighted by molar-refractivity contribution is 0.615. The summed E-state index contributed by atoms with van der Waals surface area (Å²) < 4.78 is 16.2. The maximum Gasteiger partial charge on any atom is 0.147 e. The zero-order chi connectivity index (χ0) is 15.0. The van der Waals surface area contributed by atoms with Crippen LogP contribution in [0.4, 0.5) is 4.39 Å². The van der Waals surface area contributed by atoms with Crippen molar-refractivity contribution >= 4 is 34.2 Å². The Labute approximate surface area is 132 Å². The first-order valence-corrected chi connectivity index (χ1v) is 7.51. The standard InChI is InChI=1S/C16H13Cl2FN2/c1-10-3-2-4-12(19)16(10)21-14-9-11(18)5-6-13(14)20-15(21)7-8-17/h2-6,9H,7-8H2,1H3. The van der Waals surface area contributed by atoms with Gasteiger partial charge in [-0.3, -0.25) is 4.57 Å². The molecule has 0 saturated carbocycles. The molecule has 108 valence electrons. The number of nitrogens with zero attached hydrogens (tertiary/aromatic N) is 2. The second-order valence-electron chi connectivity index (χ2n) is 4.84. The van der Waals surface area contributed by atoms with Crippen molar-refractivity contribution in [3.05, 3.63) is 58.6 Å². The minimum Gasteiger partial charge on any atom is -0.293 e. The molecule has 3 rings (SSSR count). The van der Waals surface area contributed by atoms with Crippen molar-refractivity contribution in [2.24, 2.45) is 0 Å². The van der Waals surface area contributed by atoms with Crippen LogP contribution >= 0.6 is 23.2 Å². The molecule has 0 atom stereocenters. The summed E-state index contributed by atoms with van der Waals surface area (Å²) in [6.07, 6.45) is 0.557. The number of imidazole rings is 1. The molecule has 0 amide bonds. The molecule has 0 fully saturated rings. The summed E-state index contributed by atoms with van der Waals surface area (Å²) in [6, 6.07) is 10.4. The van der Waals surface area contributed by atoms with Gasteiger partial charge in [-0.1, -0.05) is 23.7 Å². The lowest BCUT2D eigenvalue weighted by Crippen LogP contribution is -2.06. The number of para-hydroxylation sites is 1. The quantitative estimate of drug-likeness (QED) is 0.626. The summed E-state index contributed by atoms with van der Waals surface area (Å²) in [6.45, 7) is 1.87. The van der Waals surface area contributed by atoms with Crippen LogP contribution in [-0.2, 0) is 6.42 Å². The van der Waals surface area contributed by atoms with Gasteiger partial charge in [0.15, 0.2) is 0 Å². The van der Waals surface area contributed by atoms with Crippen LogP contribution in [0.25, 0.3) is 16.7 Å². The zero-order valence-electron chi connectivity index (χ0n) is 11.4. The number of hydrogen-bond donors (Lipinski definition) is 0. The van der Waals surface area contributed by atoms with E-state index in [1.807, 2.05) is 23.6 Å². The Morgan fingerprint density at radius 1 is 1.24 bits per heavy atom. The second-order valence-corrected chi connectivity index (χ2v) is 5.66. The normalized spacial score (nSPS) is 11.2. The van der Waals surface area contributed by atoms with Crippen molar-refractivity contribution < 1.29 is 4.39 Å². The predicted octanol–water partition coefficient (Wildman–Crippen LogP) is 4.91. The summed E-state index contributed by atoms with van der Waals surface area (Å²) in [5.41, 5.74) is 2.91. The highest BCUT2D eigenvalue weighted by atomic mass is 35.5. The van der Waals surface area contributed by atoms with Gasteiger partial charge in [0, 0.05) is 17.3 Å². The van der Waals surface area contributed by atoms with Gasteiger partial charge in [0.2, 0.25) is 0 Å². The monoisotopic (exact) mass is 322 g/mol. The Kier molecular flexibility index (Phi) is 3.87. The van der Waals surface area contributed by atoms with E-state index in [2.05, 4.69) is 4.98 Å². The first-order valence-electron chi connectivity index (χ1n) is 6.60. The van der Waals surface area contributed by atoms with E-state index >= 15 is 0 Å². The van der Waals surface area contributed by atoms with Crippen LogP contribution in [0, 0.1) is 12.7 Å². The first-order chi connectivity index (χ1) is 10.1. The highest BCUT2D eigenvalue weighted by Crippen LogP contribution is 2.28. The number of rotatable bonds is 3. The molecule has 0 saturated heterocycles. The fraction of sp³-hybridized carbons (Fsp3) is 0.188. The van der Waals surface area contributed by atoms with Crippen LogP contribution < -0.4 is 0 Å². The largest absolute Gasteiger partial charge is 0.293 e. The van der Waals surface area contributed by atoms with Gasteiger partial charge in [0.05, 0.1) is 16.7 Å². The van der Waals surface area contributed by atoms with Crippen LogP contribution in [-0.4, -0.2) is 15.4 Å². The van der Waals surface area contributed by atoms with E-state index in [0.717, 1.165) is 22.4 Å². The van der Waals surface area contributed by atoms with Gasteiger partial charge in [-0.25, -0.2) is 9.37 Å². The molecule has 21 heavy (non-hydrogen) atoms. The number of fused-ring (bicyclic) bond motifs is 1. The summed E-state index contributed by atoms with van der Waals surface area (Å²) in [4.78, 5) is 4.56. The topological polar surface area (TPSA) is 17.8 Å². The van der Waals surface area contributed by atoms with Crippen molar-refractivity contribution in [1.82, 2.24) is 9.55 Å². The number of alkyl halides is 1. The van der Waals surface area contributed by atoms with Crippen molar-refractivity contribution in [2.75, 3.05) is 5.88 Å². The third kappa shape index (κ3) is 2.52. The van der Waals surface area contributed by atoms with Crippen molar-refractivity contribution in [3.8, 4) is 5.69 Å². The molecule has 2 nitrogen and oxygen atoms in total. The summed E-state index contributed by atoms with van der Waals surface area (Å²) >= 11 is 11.9. The van der Waals surface area contributed by atoms with Gasteiger partial charge in [-0.15, -0.1) is 11.6 Å². The molecule has 1 aromatic heterocycles. The maximum absolute atomic E-state index is 14.3. The van der Waals surface area contributed by atoms with Gasteiger partial charge < -0.3 is 0 Å². The molecule has 0 radical (unpaired) electrons. The van der Waals surface area contributed by atoms with E-state index in [9.17, 15) is 4.39 Å². The number of benzene rings is 2. The third-order valence-electron chi connectivity index (χ3n) is 3.42. The van der Waals surface area contributed by atoms with Crippen molar-refractivity contribution in [1.29, 1.82) is 0 Å². The second kappa shape index (κ2) is 5.66. The van der Waals surface area contributed by atoms with Crippen molar-refractivity contribution in [3.63, 3.8) is 0 Å². The lowest BCUT2D eigenvalue weighted by atomic mass is 10.1. The Morgan fingerprint density at radius 2 is 2.05 bits per heavy atom. The number of hydrogen-bond acceptors (Lipinski definition) is 1. The van der Waals surface area contributed by atoms with E-state index in [0.29, 0.717) is 23.0 Å². The van der Waals surface area contributed by atoms with E-state index in [4.69, 9.17) is 23.2 Å². The Morgan fingerprint density at radius 3 is 2.76 bits per heavy atom. The molecular weight excluding hydrogens is 310 g/mol. The van der Waals surface area contributed by atoms with E-state index in [1.165, 1.54) is 6.07 Å². The maximum atomic E-state index is 14.3. The minimum atomic E-state index is -0.287. The molecule has 0 unspecified atom stereocenters. The average molecular weight is 323 g/mol. The van der Waals surface area contributed by atoms with Crippen LogP contribution in [0.1, 0.15) is 11.4 Å². The first kappa shape index (κ1) is 14.4. The van der Waals surface area contributed by atoms with Crippen LogP contribution in [0.2, 0.25) is 5.02 Å². The Balaban J connectivity index is 2.38. The molecule has 0 bridgehead atoms. The van der Waals surface area contributed by atoms with Gasteiger partial charge in [0.1, 0.15) is 11.6 Å². The van der Waals surface area contributed by atoms with Gasteiger partial charge in [0.25, 0.3) is 0 Å². The average Bonchev–Trinajstić information content (AvgIpc) is 2.77. The lowest BCUT2D eigenvalue weighted by Gasteiger charge is -2.12. The van der Waals surface area contributed by atoms with E-state index < -0.39 is 0 Å². The molecule has 2 aromatic carbocycles. The van der Waals surface area contributed by atoms with Gasteiger partial charge in [-0.05, 0) is 36.8 Å². The van der Waals surface area contributed by atoms with Gasteiger partial charge in [-0.2, -0.15) is 0 Å². The van der Waals surface area contributed by atoms with Crippen LogP contribution in [0.15, 0.2) is 36.4 Å². The molecule has 5 heteroatoms. The highest BCUT2D eigenvalue weighted by Gasteiger charge is 2.17. The molecule has 3 aromatic rings. The van der Waals surface area contributed by atoms with Crippen molar-refractivity contribution in [2.45, 2.75) is 13.3 Å². The predicted molar refractivity (Wildman–Crippen MR) is 85.2 cm³/mol. The molecular formula is C16H13Cl2FN2. The fourth-order valence-electron chi connectivity index (χ4n) is 2.51. The summed E-state index contributed by atoms with van der Waals surface area (Å²) in [5.74, 6) is 0.866. The number of aromatic nitrogens is 2. The van der Waals surface area contributed by atoms with Crippen LogP contribution in [0.5, 0.6) is 0 Å². The smallest absolute Gasteiger partial charge is 0.147 e. The molecule has 0 spiro atoms. The van der Waals surface area contributed by atoms with Gasteiger partial charge >= 0.3 is 0 Å². The molecule has 0 aliphatic heterocycles.